The van der Waals surface area contributed by atoms with Crippen molar-refractivity contribution in [1.29, 1.82) is 0 Å². The molecule has 0 heterocycles. The molecule has 0 saturated carbocycles. The molecule has 0 aromatic rings. The van der Waals surface area contributed by atoms with Crippen molar-refractivity contribution >= 4 is 15.7 Å². The van der Waals surface area contributed by atoms with Crippen LogP contribution in [0.2, 0.25) is 0 Å². The molecule has 14 heavy (non-hydrogen) atoms. The van der Waals surface area contributed by atoms with Crippen LogP contribution in [0.3, 0.4) is 0 Å². The topological polar surface area (TPSA) is 63.2 Å². The van der Waals surface area contributed by atoms with Gasteiger partial charge in [-0.1, -0.05) is 13.8 Å². The Morgan fingerprint density at radius 1 is 1.36 bits per heavy atom. The lowest BCUT2D eigenvalue weighted by Crippen LogP contribution is -2.30. The Morgan fingerprint density at radius 2 is 1.93 bits per heavy atom. The smallest absolute Gasteiger partial charge is 0.235 e. The predicted molar refractivity (Wildman–Crippen MR) is 56.8 cm³/mol. The summed E-state index contributed by atoms with van der Waals surface area (Å²) in [5.41, 5.74) is 0. The standard InChI is InChI=1S/C9H19NO3S/c1-8(2)5-4-6-10-9(11)7-14(3,12)13/h8H,4-7H2,1-3H3,(H,10,11). The lowest BCUT2D eigenvalue weighted by atomic mass is 10.1. The molecule has 0 aliphatic rings. The van der Waals surface area contributed by atoms with E-state index in [1.165, 1.54) is 0 Å². The third-order valence-corrected chi connectivity index (χ3v) is 2.46. The van der Waals surface area contributed by atoms with E-state index < -0.39 is 21.5 Å². The van der Waals surface area contributed by atoms with Crippen LogP contribution in [-0.2, 0) is 14.6 Å². The minimum atomic E-state index is -3.19. The highest BCUT2D eigenvalue weighted by Crippen LogP contribution is 2.01. The molecule has 0 radical (unpaired) electrons. The quantitative estimate of drug-likeness (QED) is 0.667. The zero-order valence-corrected chi connectivity index (χ0v) is 9.86. The number of hydrogen-bond acceptors (Lipinski definition) is 3. The Balaban J connectivity index is 3.56. The van der Waals surface area contributed by atoms with Gasteiger partial charge in [0.15, 0.2) is 9.84 Å². The summed E-state index contributed by atoms with van der Waals surface area (Å²) in [4.78, 5) is 11.0. The molecule has 1 N–H and O–H groups in total. The first-order valence-corrected chi connectivity index (χ1v) is 6.81. The first kappa shape index (κ1) is 13.4. The third-order valence-electron chi connectivity index (χ3n) is 1.67. The van der Waals surface area contributed by atoms with Crippen LogP contribution in [0.1, 0.15) is 26.7 Å². The minimum absolute atomic E-state index is 0.406. The van der Waals surface area contributed by atoms with Crippen molar-refractivity contribution in [3.63, 3.8) is 0 Å². The van der Waals surface area contributed by atoms with Crippen LogP contribution < -0.4 is 5.32 Å². The molecule has 0 atom stereocenters. The van der Waals surface area contributed by atoms with Gasteiger partial charge >= 0.3 is 0 Å². The maximum Gasteiger partial charge on any atom is 0.235 e. The second-order valence-corrected chi connectivity index (χ2v) is 6.10. The molecule has 0 aromatic heterocycles. The molecular formula is C9H19NO3S. The lowest BCUT2D eigenvalue weighted by molar-refractivity contribution is -0.118. The number of amides is 1. The van der Waals surface area contributed by atoms with Gasteiger partial charge < -0.3 is 5.32 Å². The van der Waals surface area contributed by atoms with Crippen LogP contribution in [0.15, 0.2) is 0 Å². The average Bonchev–Trinajstić information content (AvgIpc) is 1.94. The van der Waals surface area contributed by atoms with Gasteiger partial charge in [0.2, 0.25) is 5.91 Å². The molecule has 0 fully saturated rings. The Kier molecular flexibility index (Phi) is 5.76. The van der Waals surface area contributed by atoms with E-state index in [1.54, 1.807) is 0 Å². The van der Waals surface area contributed by atoms with Crippen molar-refractivity contribution in [1.82, 2.24) is 5.32 Å². The Labute approximate surface area is 86.0 Å². The zero-order chi connectivity index (χ0) is 11.2. The molecule has 0 bridgehead atoms. The van der Waals surface area contributed by atoms with Gasteiger partial charge in [-0.3, -0.25) is 4.79 Å². The highest BCUT2D eigenvalue weighted by atomic mass is 32.2. The normalized spacial score (nSPS) is 11.7. The van der Waals surface area contributed by atoms with Crippen molar-refractivity contribution in [2.24, 2.45) is 5.92 Å². The van der Waals surface area contributed by atoms with Crippen molar-refractivity contribution in [3.05, 3.63) is 0 Å². The van der Waals surface area contributed by atoms with E-state index in [2.05, 4.69) is 19.2 Å². The van der Waals surface area contributed by atoms with Crippen LogP contribution in [0.4, 0.5) is 0 Å². The molecule has 0 unspecified atom stereocenters. The van der Waals surface area contributed by atoms with Crippen LogP contribution in [-0.4, -0.2) is 32.9 Å². The monoisotopic (exact) mass is 221 g/mol. The third kappa shape index (κ3) is 9.51. The Hall–Kier alpha value is -0.580. The van der Waals surface area contributed by atoms with Gasteiger partial charge in [0, 0.05) is 12.8 Å². The van der Waals surface area contributed by atoms with Gasteiger partial charge in [0.05, 0.1) is 0 Å². The van der Waals surface area contributed by atoms with Gasteiger partial charge in [0.1, 0.15) is 5.75 Å². The van der Waals surface area contributed by atoms with E-state index in [9.17, 15) is 13.2 Å². The summed E-state index contributed by atoms with van der Waals surface area (Å²) in [6.45, 7) is 4.78. The van der Waals surface area contributed by atoms with Gasteiger partial charge in [0.25, 0.3) is 0 Å². The molecule has 4 nitrogen and oxygen atoms in total. The molecule has 1 amide bonds. The Bertz CT molecular complexity index is 270. The van der Waals surface area contributed by atoms with Gasteiger partial charge in [-0.25, -0.2) is 8.42 Å². The summed E-state index contributed by atoms with van der Waals surface area (Å²) in [5.74, 6) is -0.202. The molecule has 0 aromatic carbocycles. The minimum Gasteiger partial charge on any atom is -0.355 e. The number of nitrogens with one attached hydrogen (secondary N) is 1. The van der Waals surface area contributed by atoms with E-state index in [0.717, 1.165) is 19.1 Å². The summed E-state index contributed by atoms with van der Waals surface area (Å²) in [7, 11) is -3.19. The summed E-state index contributed by atoms with van der Waals surface area (Å²) in [5, 5.41) is 2.58. The first-order chi connectivity index (χ1) is 6.31. The summed E-state index contributed by atoms with van der Waals surface area (Å²) in [6.07, 6.45) is 2.99. The SMILES string of the molecule is CC(C)CCCNC(=O)CS(C)(=O)=O. The number of sulfone groups is 1. The van der Waals surface area contributed by atoms with Gasteiger partial charge in [-0.2, -0.15) is 0 Å². The largest absolute Gasteiger partial charge is 0.355 e. The van der Waals surface area contributed by atoms with Gasteiger partial charge in [-0.05, 0) is 18.8 Å². The fourth-order valence-electron chi connectivity index (χ4n) is 1.03. The number of carbonyl (C=O) groups excluding carboxylic acids is 1. The van der Waals surface area contributed by atoms with E-state index >= 15 is 0 Å². The predicted octanol–water partition coefficient (Wildman–Crippen LogP) is 0.583. The Morgan fingerprint density at radius 3 is 2.36 bits per heavy atom. The highest BCUT2D eigenvalue weighted by molar-refractivity contribution is 7.91. The van der Waals surface area contributed by atoms with Crippen LogP contribution in [0.5, 0.6) is 0 Å². The average molecular weight is 221 g/mol. The van der Waals surface area contributed by atoms with Crippen LogP contribution in [0.25, 0.3) is 0 Å². The fourth-order valence-corrected chi connectivity index (χ4v) is 1.61. The highest BCUT2D eigenvalue weighted by Gasteiger charge is 2.09. The number of hydrogen-bond donors (Lipinski definition) is 1. The molecular weight excluding hydrogens is 202 g/mol. The van der Waals surface area contributed by atoms with E-state index in [-0.39, 0.29) is 0 Å². The van der Waals surface area contributed by atoms with Crippen molar-refractivity contribution < 1.29 is 13.2 Å². The maximum absolute atomic E-state index is 11.0. The molecule has 84 valence electrons. The molecule has 0 aliphatic carbocycles. The van der Waals surface area contributed by atoms with E-state index in [4.69, 9.17) is 0 Å². The second kappa shape index (κ2) is 6.01. The molecule has 5 heteroatoms. The number of rotatable bonds is 6. The lowest BCUT2D eigenvalue weighted by Gasteiger charge is -2.05. The van der Waals surface area contributed by atoms with Crippen molar-refractivity contribution in [3.8, 4) is 0 Å². The van der Waals surface area contributed by atoms with Crippen molar-refractivity contribution in [2.45, 2.75) is 26.7 Å². The van der Waals surface area contributed by atoms with Crippen LogP contribution >= 0.6 is 0 Å². The summed E-state index contributed by atoms with van der Waals surface area (Å²) in [6, 6.07) is 0. The summed E-state index contributed by atoms with van der Waals surface area (Å²) >= 11 is 0. The molecule has 0 saturated heterocycles. The van der Waals surface area contributed by atoms with Crippen molar-refractivity contribution in [2.75, 3.05) is 18.6 Å². The second-order valence-electron chi connectivity index (χ2n) is 3.96. The maximum atomic E-state index is 11.0. The molecule has 0 spiro atoms. The van der Waals surface area contributed by atoms with Gasteiger partial charge in [-0.15, -0.1) is 0 Å². The van der Waals surface area contributed by atoms with Crippen LogP contribution in [0, 0.1) is 5.92 Å². The fraction of sp³-hybridized carbons (Fsp3) is 0.889. The zero-order valence-electron chi connectivity index (χ0n) is 9.04. The van der Waals surface area contributed by atoms with E-state index in [1.807, 2.05) is 0 Å². The first-order valence-electron chi connectivity index (χ1n) is 4.75. The molecule has 0 aliphatic heterocycles. The summed E-state index contributed by atoms with van der Waals surface area (Å²) < 4.78 is 21.4. The van der Waals surface area contributed by atoms with E-state index in [0.29, 0.717) is 12.5 Å². The molecule has 0 rings (SSSR count). The number of carbonyl (C=O) groups is 1.